The molecule has 0 saturated heterocycles. The van der Waals surface area contributed by atoms with E-state index < -0.39 is 26.8 Å². The van der Waals surface area contributed by atoms with Gasteiger partial charge in [-0.1, -0.05) is 0 Å². The van der Waals surface area contributed by atoms with Gasteiger partial charge in [-0.25, -0.2) is 17.9 Å². The molecule has 0 amide bonds. The van der Waals surface area contributed by atoms with Gasteiger partial charge in [-0.05, 0) is 24.3 Å². The van der Waals surface area contributed by atoms with Crippen molar-refractivity contribution in [3.63, 3.8) is 0 Å². The van der Waals surface area contributed by atoms with Crippen molar-refractivity contribution in [2.75, 3.05) is 18.6 Å². The largest absolute Gasteiger partial charge is 0.477 e. The van der Waals surface area contributed by atoms with E-state index in [2.05, 4.69) is 4.72 Å². The number of sulfonamides is 1. The fourth-order valence-electron chi connectivity index (χ4n) is 1.47. The zero-order valence-electron chi connectivity index (χ0n) is 10.5. The van der Waals surface area contributed by atoms with Gasteiger partial charge in [0.15, 0.2) is 0 Å². The number of nitrogens with one attached hydrogen (secondary N) is 1. The van der Waals surface area contributed by atoms with E-state index in [9.17, 15) is 17.4 Å². The second kappa shape index (κ2) is 6.60. The summed E-state index contributed by atoms with van der Waals surface area (Å²) in [5, 5.41) is 10.5. The molecule has 1 rings (SSSR count). The lowest BCUT2D eigenvalue weighted by Gasteiger charge is -2.07. The van der Waals surface area contributed by atoms with E-state index >= 15 is 0 Å². The maximum atomic E-state index is 12.0. The molecule has 6 nitrogen and oxygen atoms in total. The molecule has 19 heavy (non-hydrogen) atoms. The smallest absolute Gasteiger partial charge is 0.347 e. The number of hydrogen-bond donors (Lipinski definition) is 2. The summed E-state index contributed by atoms with van der Waals surface area (Å²) in [6, 6.07) is 0. The van der Waals surface area contributed by atoms with Gasteiger partial charge in [0.2, 0.25) is 10.0 Å². The van der Waals surface area contributed by atoms with Crippen molar-refractivity contribution in [3.8, 4) is 0 Å². The fourth-order valence-corrected chi connectivity index (χ4v) is 4.72. The lowest BCUT2D eigenvalue weighted by molar-refractivity contribution is 0.0698. The zero-order valence-corrected chi connectivity index (χ0v) is 13.0. The third kappa shape index (κ3) is 4.37. The van der Waals surface area contributed by atoms with Crippen molar-refractivity contribution >= 4 is 38.1 Å². The Bertz CT molecular complexity index is 590. The number of rotatable bonds is 7. The van der Waals surface area contributed by atoms with Gasteiger partial charge in [-0.3, -0.25) is 4.21 Å². The number of aromatic carboxylic acids is 1. The highest BCUT2D eigenvalue weighted by Gasteiger charge is 2.26. The van der Waals surface area contributed by atoms with Gasteiger partial charge in [0.05, 0.1) is 0 Å². The third-order valence-corrected chi connectivity index (χ3v) is 6.01. The molecule has 0 aliphatic carbocycles. The molecule has 1 heterocycles. The number of carboxylic acid groups (broad SMARTS) is 1. The van der Waals surface area contributed by atoms with Crippen molar-refractivity contribution < 1.29 is 22.5 Å². The standard InChI is InChI=1S/C10H15NO5S3/c1-7-6-17-8(10(12)13)9(7)19(15,16)11-4-3-5-18(2)14/h6,11H,3-5H2,1-2H3,(H,12,13). The highest BCUT2D eigenvalue weighted by atomic mass is 32.2. The summed E-state index contributed by atoms with van der Waals surface area (Å²) in [4.78, 5) is 10.6. The van der Waals surface area contributed by atoms with Crippen LogP contribution in [0.3, 0.4) is 0 Å². The van der Waals surface area contributed by atoms with E-state index in [-0.39, 0.29) is 16.3 Å². The first-order valence-electron chi connectivity index (χ1n) is 5.36. The summed E-state index contributed by atoms with van der Waals surface area (Å²) in [5.41, 5.74) is 0.411. The minimum Gasteiger partial charge on any atom is -0.477 e. The molecule has 1 aromatic heterocycles. The van der Waals surface area contributed by atoms with Crippen LogP contribution in [0.5, 0.6) is 0 Å². The van der Waals surface area contributed by atoms with E-state index in [4.69, 9.17) is 5.11 Å². The minimum absolute atomic E-state index is 0.135. The molecule has 0 fully saturated rings. The summed E-state index contributed by atoms with van der Waals surface area (Å²) < 4.78 is 37.3. The monoisotopic (exact) mass is 325 g/mol. The van der Waals surface area contributed by atoms with Crippen LogP contribution in [0.1, 0.15) is 21.7 Å². The Balaban J connectivity index is 2.86. The number of aryl methyl sites for hydroxylation is 1. The average molecular weight is 325 g/mol. The molecule has 0 spiro atoms. The van der Waals surface area contributed by atoms with Crippen molar-refractivity contribution in [3.05, 3.63) is 15.8 Å². The van der Waals surface area contributed by atoms with E-state index in [1.54, 1.807) is 13.2 Å². The number of hydrogen-bond acceptors (Lipinski definition) is 5. The first kappa shape index (κ1) is 16.3. The summed E-state index contributed by atoms with van der Waals surface area (Å²) in [6.07, 6.45) is 1.98. The average Bonchev–Trinajstić information content (AvgIpc) is 2.67. The highest BCUT2D eigenvalue weighted by Crippen LogP contribution is 2.26. The van der Waals surface area contributed by atoms with Crippen molar-refractivity contribution in [1.82, 2.24) is 4.72 Å². The molecular formula is C10H15NO5S3. The molecule has 0 saturated carbocycles. The van der Waals surface area contributed by atoms with E-state index in [0.29, 0.717) is 17.7 Å². The molecule has 108 valence electrons. The van der Waals surface area contributed by atoms with Crippen LogP contribution in [0.4, 0.5) is 0 Å². The molecule has 1 atom stereocenters. The Labute approximate surface area is 118 Å². The molecule has 0 aliphatic rings. The predicted octanol–water partition coefficient (Wildman–Crippen LogP) is 0.802. The second-order valence-corrected chi connectivity index (χ2v) is 8.05. The summed E-state index contributed by atoms with van der Waals surface area (Å²) in [6.45, 7) is 1.69. The number of carboxylic acids is 1. The Hall–Kier alpha value is -0.770. The van der Waals surface area contributed by atoms with Gasteiger partial charge in [-0.2, -0.15) is 0 Å². The summed E-state index contributed by atoms with van der Waals surface area (Å²) in [7, 11) is -4.81. The lowest BCUT2D eigenvalue weighted by atomic mass is 10.3. The van der Waals surface area contributed by atoms with Crippen LogP contribution >= 0.6 is 11.3 Å². The number of thiophene rings is 1. The molecule has 2 N–H and O–H groups in total. The molecule has 9 heteroatoms. The molecular weight excluding hydrogens is 310 g/mol. The van der Waals surface area contributed by atoms with Crippen LogP contribution in [0.25, 0.3) is 0 Å². The number of carbonyl (C=O) groups is 1. The zero-order chi connectivity index (χ0) is 14.6. The van der Waals surface area contributed by atoms with Crippen LogP contribution in [0.2, 0.25) is 0 Å². The molecule has 0 aliphatic heterocycles. The normalized spacial score (nSPS) is 13.4. The Morgan fingerprint density at radius 1 is 1.53 bits per heavy atom. The maximum Gasteiger partial charge on any atom is 0.347 e. The quantitative estimate of drug-likeness (QED) is 0.722. The van der Waals surface area contributed by atoms with Gasteiger partial charge in [-0.15, -0.1) is 11.3 Å². The molecule has 1 aromatic rings. The van der Waals surface area contributed by atoms with E-state index in [0.717, 1.165) is 11.3 Å². The Morgan fingerprint density at radius 2 is 2.16 bits per heavy atom. The fraction of sp³-hybridized carbons (Fsp3) is 0.500. The maximum absolute atomic E-state index is 12.0. The van der Waals surface area contributed by atoms with Gasteiger partial charge < -0.3 is 5.11 Å². The Kier molecular flexibility index (Phi) is 5.65. The summed E-state index contributed by atoms with van der Waals surface area (Å²) >= 11 is 0.888. The third-order valence-electron chi connectivity index (χ3n) is 2.28. The van der Waals surface area contributed by atoms with Crippen LogP contribution in [0.15, 0.2) is 10.3 Å². The summed E-state index contributed by atoms with van der Waals surface area (Å²) in [5.74, 6) is -0.857. The van der Waals surface area contributed by atoms with Gasteiger partial charge in [0, 0.05) is 29.4 Å². The van der Waals surface area contributed by atoms with E-state index in [1.165, 1.54) is 5.38 Å². The first-order chi connectivity index (χ1) is 8.75. The lowest BCUT2D eigenvalue weighted by Crippen LogP contribution is -2.27. The van der Waals surface area contributed by atoms with Gasteiger partial charge in [0.25, 0.3) is 0 Å². The topological polar surface area (TPSA) is 101 Å². The second-order valence-electron chi connectivity index (χ2n) is 3.91. The van der Waals surface area contributed by atoms with Crippen LogP contribution in [-0.4, -0.2) is 42.3 Å². The van der Waals surface area contributed by atoms with Crippen LogP contribution in [0, 0.1) is 6.92 Å². The van der Waals surface area contributed by atoms with Crippen LogP contribution in [-0.2, 0) is 20.8 Å². The van der Waals surface area contributed by atoms with Crippen molar-refractivity contribution in [2.45, 2.75) is 18.2 Å². The highest BCUT2D eigenvalue weighted by molar-refractivity contribution is 7.89. The predicted molar refractivity (Wildman–Crippen MR) is 74.8 cm³/mol. The van der Waals surface area contributed by atoms with Crippen molar-refractivity contribution in [2.24, 2.45) is 0 Å². The molecule has 0 aromatic carbocycles. The van der Waals surface area contributed by atoms with Crippen LogP contribution < -0.4 is 4.72 Å². The minimum atomic E-state index is -3.84. The van der Waals surface area contributed by atoms with Gasteiger partial charge >= 0.3 is 5.97 Å². The first-order valence-corrected chi connectivity index (χ1v) is 9.45. The molecule has 0 bridgehead atoms. The Morgan fingerprint density at radius 3 is 2.68 bits per heavy atom. The molecule has 1 unspecified atom stereocenters. The van der Waals surface area contributed by atoms with E-state index in [1.807, 2.05) is 0 Å². The van der Waals surface area contributed by atoms with Crippen molar-refractivity contribution in [1.29, 1.82) is 0 Å². The van der Waals surface area contributed by atoms with Gasteiger partial charge in [0.1, 0.15) is 9.77 Å². The molecule has 0 radical (unpaired) electrons. The SMILES string of the molecule is Cc1csc(C(=O)O)c1S(=O)(=O)NCCCS(C)=O.